The summed E-state index contributed by atoms with van der Waals surface area (Å²) in [5, 5.41) is 8.92. The van der Waals surface area contributed by atoms with E-state index >= 15 is 0 Å². The maximum Gasteiger partial charge on any atom is 0.303 e. The van der Waals surface area contributed by atoms with Gasteiger partial charge in [0.15, 0.2) is 11.5 Å². The van der Waals surface area contributed by atoms with Gasteiger partial charge in [-0.1, -0.05) is 38.1 Å². The Balaban J connectivity index is 1.60. The number of hydrogen-bond acceptors (Lipinski definition) is 4. The molecule has 0 saturated carbocycles. The van der Waals surface area contributed by atoms with Gasteiger partial charge in [-0.3, -0.25) is 4.79 Å². The predicted molar refractivity (Wildman–Crippen MR) is 130 cm³/mol. The molecule has 0 aliphatic rings. The van der Waals surface area contributed by atoms with Crippen molar-refractivity contribution in [3.05, 3.63) is 83.4 Å². The van der Waals surface area contributed by atoms with Crippen molar-refractivity contribution in [3.63, 3.8) is 0 Å². The highest BCUT2D eigenvalue weighted by Crippen LogP contribution is 2.35. The minimum Gasteiger partial charge on any atom is -0.493 e. The minimum absolute atomic E-state index is 0.00566. The average Bonchev–Trinajstić information content (AvgIpc) is 2.86. The monoisotopic (exact) mass is 484 g/mol. The largest absolute Gasteiger partial charge is 0.493 e. The molecule has 7 heteroatoms. The lowest BCUT2D eigenvalue weighted by atomic mass is 10.0. The number of para-hydroxylation sites is 1. The lowest BCUT2D eigenvalue weighted by molar-refractivity contribution is -0.136. The topological polar surface area (TPSA) is 65.0 Å². The summed E-state index contributed by atoms with van der Waals surface area (Å²) in [6, 6.07) is 18.8. The average molecular weight is 485 g/mol. The summed E-state index contributed by atoms with van der Waals surface area (Å²) in [6.07, 6.45) is -1.25. The number of hydrogen-bond donors (Lipinski definition) is 1. The van der Waals surface area contributed by atoms with Crippen LogP contribution in [0.15, 0.2) is 66.7 Å². The Morgan fingerprint density at radius 3 is 2.31 bits per heavy atom. The summed E-state index contributed by atoms with van der Waals surface area (Å²) in [5.74, 6) is 1.03. The number of rotatable bonds is 13. The highest BCUT2D eigenvalue weighted by atomic mass is 19.3. The second-order valence-corrected chi connectivity index (χ2v) is 8.33. The zero-order valence-corrected chi connectivity index (χ0v) is 19.9. The lowest BCUT2D eigenvalue weighted by Crippen LogP contribution is -2.17. The number of aliphatic carboxylic acids is 1. The fraction of sp³-hybridized carbons (Fsp3) is 0.321. The summed E-state index contributed by atoms with van der Waals surface area (Å²) in [6.45, 7) is 4.68. The van der Waals surface area contributed by atoms with Crippen molar-refractivity contribution in [2.75, 3.05) is 13.2 Å². The second kappa shape index (κ2) is 12.7. The van der Waals surface area contributed by atoms with E-state index in [2.05, 4.69) is 0 Å². The van der Waals surface area contributed by atoms with E-state index in [1.165, 1.54) is 18.2 Å². The van der Waals surface area contributed by atoms with Crippen LogP contribution < -0.4 is 14.2 Å². The molecule has 35 heavy (non-hydrogen) atoms. The van der Waals surface area contributed by atoms with Gasteiger partial charge in [0, 0.05) is 17.9 Å². The van der Waals surface area contributed by atoms with Gasteiger partial charge in [-0.2, -0.15) is 0 Å². The first kappa shape index (κ1) is 26.0. The molecule has 0 aliphatic heterocycles. The molecule has 3 aromatic rings. The molecule has 3 aromatic carbocycles. The van der Waals surface area contributed by atoms with Crippen LogP contribution in [0, 0.1) is 5.92 Å². The maximum atomic E-state index is 13.2. The van der Waals surface area contributed by atoms with Crippen LogP contribution in [0.25, 0.3) is 0 Å². The number of ether oxygens (including phenoxy) is 3. The van der Waals surface area contributed by atoms with E-state index in [1.807, 2.05) is 38.1 Å². The number of alkyl halides is 2. The summed E-state index contributed by atoms with van der Waals surface area (Å²) < 4.78 is 44.1. The lowest BCUT2D eigenvalue weighted by Gasteiger charge is -2.18. The van der Waals surface area contributed by atoms with Gasteiger partial charge in [0.25, 0.3) is 6.43 Å². The first-order chi connectivity index (χ1) is 16.9. The van der Waals surface area contributed by atoms with Crippen LogP contribution in [0.3, 0.4) is 0 Å². The summed E-state index contributed by atoms with van der Waals surface area (Å²) in [4.78, 5) is 10.9. The van der Waals surface area contributed by atoms with E-state index in [9.17, 15) is 13.6 Å². The Morgan fingerprint density at radius 2 is 1.63 bits per heavy atom. The third-order valence-electron chi connectivity index (χ3n) is 5.42. The van der Waals surface area contributed by atoms with Crippen molar-refractivity contribution in [1.29, 1.82) is 0 Å². The van der Waals surface area contributed by atoms with E-state index < -0.39 is 12.4 Å². The normalized spacial score (nSPS) is 11.8. The minimum atomic E-state index is -2.61. The van der Waals surface area contributed by atoms with E-state index in [-0.39, 0.29) is 23.7 Å². The number of aryl methyl sites for hydroxylation is 2. The van der Waals surface area contributed by atoms with E-state index in [0.29, 0.717) is 36.9 Å². The molecule has 1 unspecified atom stereocenters. The molecule has 0 spiro atoms. The molecule has 1 atom stereocenters. The SMILES string of the molecule is CCc1cc(OCC(C)COc2ccc(C(F)F)cc2Oc2ccccc2)ccc1CCC(=O)O. The molecule has 0 aliphatic carbocycles. The number of halogens is 2. The molecule has 0 amide bonds. The molecule has 3 rings (SSSR count). The Kier molecular flexibility index (Phi) is 9.47. The first-order valence-corrected chi connectivity index (χ1v) is 11.6. The van der Waals surface area contributed by atoms with Gasteiger partial charge in [0.05, 0.1) is 13.2 Å². The maximum absolute atomic E-state index is 13.2. The quantitative estimate of drug-likeness (QED) is 0.281. The molecule has 5 nitrogen and oxygen atoms in total. The smallest absolute Gasteiger partial charge is 0.303 e. The van der Waals surface area contributed by atoms with Gasteiger partial charge in [-0.05, 0) is 66.4 Å². The Hall–Kier alpha value is -3.61. The summed E-state index contributed by atoms with van der Waals surface area (Å²) >= 11 is 0. The Bertz CT molecular complexity index is 1100. The van der Waals surface area contributed by atoms with Gasteiger partial charge < -0.3 is 19.3 Å². The summed E-state index contributed by atoms with van der Waals surface area (Å²) in [5.41, 5.74) is 1.93. The molecule has 0 aromatic heterocycles. The van der Waals surface area contributed by atoms with Crippen LogP contribution in [-0.2, 0) is 17.6 Å². The highest BCUT2D eigenvalue weighted by Gasteiger charge is 2.15. The molecule has 0 saturated heterocycles. The van der Waals surface area contributed by atoms with E-state index in [0.717, 1.165) is 17.5 Å². The Labute approximate surface area is 204 Å². The van der Waals surface area contributed by atoms with Crippen molar-refractivity contribution >= 4 is 5.97 Å². The number of benzene rings is 3. The van der Waals surface area contributed by atoms with Crippen LogP contribution >= 0.6 is 0 Å². The van der Waals surface area contributed by atoms with Crippen LogP contribution in [0.2, 0.25) is 0 Å². The molecular formula is C28H30F2O5. The van der Waals surface area contributed by atoms with Crippen molar-refractivity contribution in [1.82, 2.24) is 0 Å². The second-order valence-electron chi connectivity index (χ2n) is 8.33. The van der Waals surface area contributed by atoms with Crippen LogP contribution in [0.1, 0.15) is 43.4 Å². The summed E-state index contributed by atoms with van der Waals surface area (Å²) in [7, 11) is 0. The van der Waals surface area contributed by atoms with Crippen molar-refractivity contribution in [2.24, 2.45) is 5.92 Å². The fourth-order valence-electron chi connectivity index (χ4n) is 3.50. The van der Waals surface area contributed by atoms with E-state index in [1.54, 1.807) is 24.3 Å². The van der Waals surface area contributed by atoms with Crippen LogP contribution in [0.4, 0.5) is 8.78 Å². The molecule has 0 bridgehead atoms. The van der Waals surface area contributed by atoms with Crippen molar-refractivity contribution in [3.8, 4) is 23.0 Å². The van der Waals surface area contributed by atoms with Crippen LogP contribution in [-0.4, -0.2) is 24.3 Å². The third kappa shape index (κ3) is 7.98. The van der Waals surface area contributed by atoms with Gasteiger partial charge in [-0.15, -0.1) is 0 Å². The molecule has 186 valence electrons. The van der Waals surface area contributed by atoms with Gasteiger partial charge in [0.1, 0.15) is 11.5 Å². The molecule has 0 fully saturated rings. The van der Waals surface area contributed by atoms with Gasteiger partial charge >= 0.3 is 5.97 Å². The molecular weight excluding hydrogens is 454 g/mol. The molecule has 1 N–H and O–H groups in total. The molecule has 0 radical (unpaired) electrons. The standard InChI is InChI=1S/C28H30F2O5/c1-3-20-15-24(12-9-21(20)11-14-27(31)32)33-17-19(2)18-34-25-13-10-22(28(29)30)16-26(25)35-23-7-5-4-6-8-23/h4-10,12-13,15-16,19,28H,3,11,14,17-18H2,1-2H3,(H,31,32). The van der Waals surface area contributed by atoms with Gasteiger partial charge in [-0.25, -0.2) is 8.78 Å². The van der Waals surface area contributed by atoms with Crippen molar-refractivity contribution < 1.29 is 32.9 Å². The third-order valence-corrected chi connectivity index (χ3v) is 5.42. The fourth-order valence-corrected chi connectivity index (χ4v) is 3.50. The van der Waals surface area contributed by atoms with Crippen molar-refractivity contribution in [2.45, 2.75) is 39.5 Å². The highest BCUT2D eigenvalue weighted by molar-refractivity contribution is 5.67. The molecule has 0 heterocycles. The predicted octanol–water partition coefficient (Wildman–Crippen LogP) is 7.09. The zero-order valence-electron chi connectivity index (χ0n) is 19.9. The van der Waals surface area contributed by atoms with Gasteiger partial charge in [0.2, 0.25) is 0 Å². The number of carboxylic acids is 1. The number of carbonyl (C=O) groups is 1. The first-order valence-electron chi connectivity index (χ1n) is 11.6. The number of carboxylic acid groups (broad SMARTS) is 1. The zero-order chi connectivity index (χ0) is 25.2. The Morgan fingerprint density at radius 1 is 0.886 bits per heavy atom. The van der Waals surface area contributed by atoms with Crippen LogP contribution in [0.5, 0.6) is 23.0 Å². The van der Waals surface area contributed by atoms with E-state index in [4.69, 9.17) is 19.3 Å².